The molecule has 0 saturated heterocycles. The summed E-state index contributed by atoms with van der Waals surface area (Å²) in [5.74, 6) is 0.595. The SMILES string of the molecule is CCOP(=O)(OCC)/C(=C/c1ccccc1)C(=O)O[C@@H]1C[C@H](C)CC[C@H]1C(C)C. The molecule has 0 heterocycles. The summed E-state index contributed by atoms with van der Waals surface area (Å²) in [5.41, 5.74) is 0.747. The Morgan fingerprint density at radius 3 is 2.31 bits per heavy atom. The fourth-order valence-corrected chi connectivity index (χ4v) is 5.54. The first-order valence-electron chi connectivity index (χ1n) is 10.7. The van der Waals surface area contributed by atoms with Crippen LogP contribution in [0.5, 0.6) is 0 Å². The number of carbonyl (C=O) groups is 1. The quantitative estimate of drug-likeness (QED) is 0.266. The molecule has 0 unspecified atom stereocenters. The molecule has 1 saturated carbocycles. The maximum absolute atomic E-state index is 13.5. The first-order valence-corrected chi connectivity index (χ1v) is 12.2. The van der Waals surface area contributed by atoms with E-state index < -0.39 is 13.6 Å². The molecule has 0 N–H and O–H groups in total. The van der Waals surface area contributed by atoms with Gasteiger partial charge in [-0.2, -0.15) is 0 Å². The van der Waals surface area contributed by atoms with Gasteiger partial charge in [-0.15, -0.1) is 0 Å². The summed E-state index contributed by atoms with van der Waals surface area (Å²) in [6.45, 7) is 10.3. The Labute approximate surface area is 175 Å². The lowest BCUT2D eigenvalue weighted by Gasteiger charge is -2.37. The van der Waals surface area contributed by atoms with E-state index in [0.717, 1.165) is 24.8 Å². The average molecular weight is 423 g/mol. The second kappa shape index (κ2) is 11.1. The highest BCUT2D eigenvalue weighted by Crippen LogP contribution is 2.57. The van der Waals surface area contributed by atoms with E-state index in [4.69, 9.17) is 13.8 Å². The Morgan fingerprint density at radius 1 is 1.14 bits per heavy atom. The molecule has 0 radical (unpaired) electrons. The van der Waals surface area contributed by atoms with Crippen molar-refractivity contribution in [2.24, 2.45) is 17.8 Å². The molecule has 1 aliphatic rings. The number of rotatable bonds is 9. The Bertz CT molecular complexity index is 718. The standard InChI is InChI=1S/C23H35O5P/c1-6-26-29(25,27-7-2)22(16-19-11-9-8-10-12-19)23(24)28-21-15-18(5)13-14-20(21)17(3)4/h8-12,16-18,20-21H,6-7,13-15H2,1-5H3/b22-16+/t18-,20+,21-/m1/s1. The number of ether oxygens (including phenoxy) is 1. The highest BCUT2D eigenvalue weighted by molar-refractivity contribution is 7.60. The Balaban J connectivity index is 2.38. The third-order valence-electron chi connectivity index (χ3n) is 5.42. The van der Waals surface area contributed by atoms with E-state index in [2.05, 4.69) is 20.8 Å². The topological polar surface area (TPSA) is 61.8 Å². The largest absolute Gasteiger partial charge is 0.458 e. The minimum absolute atomic E-state index is 0.0341. The lowest BCUT2D eigenvalue weighted by Crippen LogP contribution is -2.36. The predicted octanol–water partition coefficient (Wildman–Crippen LogP) is 6.30. The molecule has 0 aromatic heterocycles. The smallest absolute Gasteiger partial charge is 0.368 e. The van der Waals surface area contributed by atoms with Crippen LogP contribution in [0.25, 0.3) is 6.08 Å². The monoisotopic (exact) mass is 422 g/mol. The highest BCUT2D eigenvalue weighted by Gasteiger charge is 2.40. The molecule has 1 fully saturated rings. The van der Waals surface area contributed by atoms with Crippen LogP contribution in [0.1, 0.15) is 59.4 Å². The predicted molar refractivity (Wildman–Crippen MR) is 117 cm³/mol. The van der Waals surface area contributed by atoms with Gasteiger partial charge in [-0.05, 0) is 56.1 Å². The number of hydrogen-bond donors (Lipinski definition) is 0. The van der Waals surface area contributed by atoms with Crippen molar-refractivity contribution in [2.75, 3.05) is 13.2 Å². The van der Waals surface area contributed by atoms with Gasteiger partial charge in [-0.25, -0.2) is 4.79 Å². The van der Waals surface area contributed by atoms with Crippen molar-refractivity contribution < 1.29 is 23.1 Å². The summed E-state index contributed by atoms with van der Waals surface area (Å²) in [7, 11) is -3.79. The number of carbonyl (C=O) groups excluding carboxylic acids is 1. The zero-order chi connectivity index (χ0) is 21.4. The molecular weight excluding hydrogens is 387 g/mol. The van der Waals surface area contributed by atoms with E-state index >= 15 is 0 Å². The van der Waals surface area contributed by atoms with Gasteiger partial charge >= 0.3 is 13.6 Å². The van der Waals surface area contributed by atoms with E-state index in [-0.39, 0.29) is 24.6 Å². The second-order valence-electron chi connectivity index (χ2n) is 8.04. The van der Waals surface area contributed by atoms with Crippen LogP contribution in [0.15, 0.2) is 35.6 Å². The molecule has 6 heteroatoms. The van der Waals surface area contributed by atoms with Crippen LogP contribution < -0.4 is 0 Å². The van der Waals surface area contributed by atoms with Crippen LogP contribution >= 0.6 is 7.60 Å². The Kier molecular flexibility index (Phi) is 9.13. The first kappa shape index (κ1) is 23.9. The molecule has 2 rings (SSSR count). The summed E-state index contributed by atoms with van der Waals surface area (Å²) in [6, 6.07) is 9.29. The van der Waals surface area contributed by atoms with E-state index in [0.29, 0.717) is 17.8 Å². The molecule has 162 valence electrons. The molecular formula is C23H35O5P. The van der Waals surface area contributed by atoms with Gasteiger partial charge in [0.05, 0.1) is 13.2 Å². The fraction of sp³-hybridized carbons (Fsp3) is 0.609. The lowest BCUT2D eigenvalue weighted by molar-refractivity contribution is -0.150. The molecule has 0 spiro atoms. The van der Waals surface area contributed by atoms with Crippen LogP contribution in [0.2, 0.25) is 0 Å². The molecule has 0 bridgehead atoms. The molecule has 3 atom stereocenters. The molecule has 1 aliphatic carbocycles. The summed E-state index contributed by atoms with van der Waals surface area (Å²) >= 11 is 0. The van der Waals surface area contributed by atoms with Crippen molar-refractivity contribution >= 4 is 19.6 Å². The van der Waals surface area contributed by atoms with Crippen molar-refractivity contribution in [1.29, 1.82) is 0 Å². The maximum Gasteiger partial charge on any atom is 0.368 e. The van der Waals surface area contributed by atoms with Gasteiger partial charge in [0, 0.05) is 0 Å². The van der Waals surface area contributed by atoms with E-state index in [1.165, 1.54) is 0 Å². The van der Waals surface area contributed by atoms with Crippen molar-refractivity contribution in [1.82, 2.24) is 0 Å². The van der Waals surface area contributed by atoms with E-state index in [1.54, 1.807) is 19.9 Å². The third-order valence-corrected chi connectivity index (χ3v) is 7.52. The number of esters is 1. The zero-order valence-corrected chi connectivity index (χ0v) is 19.2. The summed E-state index contributed by atoms with van der Waals surface area (Å²) < 4.78 is 30.4. The normalized spacial score (nSPS) is 23.2. The number of benzene rings is 1. The van der Waals surface area contributed by atoms with Crippen molar-refractivity contribution in [2.45, 2.75) is 60.0 Å². The fourth-order valence-electron chi connectivity index (χ4n) is 3.92. The van der Waals surface area contributed by atoms with Crippen LogP contribution in [0, 0.1) is 17.8 Å². The van der Waals surface area contributed by atoms with Gasteiger partial charge in [0.25, 0.3) is 0 Å². The molecule has 0 aliphatic heterocycles. The van der Waals surface area contributed by atoms with Crippen LogP contribution in [-0.2, 0) is 23.1 Å². The van der Waals surface area contributed by atoms with Crippen molar-refractivity contribution in [3.63, 3.8) is 0 Å². The summed E-state index contributed by atoms with van der Waals surface area (Å²) in [6.07, 6.45) is 4.37. The Hall–Kier alpha value is -1.42. The van der Waals surface area contributed by atoms with Crippen molar-refractivity contribution in [3.05, 3.63) is 41.2 Å². The van der Waals surface area contributed by atoms with Gasteiger partial charge in [0.15, 0.2) is 0 Å². The zero-order valence-electron chi connectivity index (χ0n) is 18.3. The van der Waals surface area contributed by atoms with E-state index in [1.807, 2.05) is 30.3 Å². The summed E-state index contributed by atoms with van der Waals surface area (Å²) in [5, 5.41) is -0.0341. The maximum atomic E-state index is 13.5. The minimum atomic E-state index is -3.79. The van der Waals surface area contributed by atoms with Gasteiger partial charge in [0.1, 0.15) is 11.4 Å². The van der Waals surface area contributed by atoms with Crippen LogP contribution in [-0.4, -0.2) is 25.3 Å². The van der Waals surface area contributed by atoms with E-state index in [9.17, 15) is 9.36 Å². The molecule has 29 heavy (non-hydrogen) atoms. The van der Waals surface area contributed by atoms with Crippen LogP contribution in [0.3, 0.4) is 0 Å². The van der Waals surface area contributed by atoms with Gasteiger partial charge < -0.3 is 13.8 Å². The lowest BCUT2D eigenvalue weighted by atomic mass is 9.75. The van der Waals surface area contributed by atoms with Gasteiger partial charge in [-0.3, -0.25) is 4.57 Å². The Morgan fingerprint density at radius 2 is 1.76 bits per heavy atom. The molecule has 0 amide bonds. The second-order valence-corrected chi connectivity index (χ2v) is 10.0. The molecule has 5 nitrogen and oxygen atoms in total. The van der Waals surface area contributed by atoms with Gasteiger partial charge in [-0.1, -0.05) is 57.5 Å². The van der Waals surface area contributed by atoms with Crippen molar-refractivity contribution in [3.8, 4) is 0 Å². The highest BCUT2D eigenvalue weighted by atomic mass is 31.2. The average Bonchev–Trinajstić information content (AvgIpc) is 2.67. The first-order chi connectivity index (χ1) is 13.8. The minimum Gasteiger partial charge on any atom is -0.458 e. The van der Waals surface area contributed by atoms with Crippen LogP contribution in [0.4, 0.5) is 0 Å². The van der Waals surface area contributed by atoms with Gasteiger partial charge in [0.2, 0.25) is 0 Å². The molecule has 1 aromatic rings. The third kappa shape index (κ3) is 6.53. The molecule has 1 aromatic carbocycles. The number of hydrogen-bond acceptors (Lipinski definition) is 5. The summed E-state index contributed by atoms with van der Waals surface area (Å²) in [4.78, 5) is 13.3.